The summed E-state index contributed by atoms with van der Waals surface area (Å²) in [6.07, 6.45) is 1.35. The molecule has 1 nitrogen and oxygen atoms in total. The van der Waals surface area contributed by atoms with Crippen molar-refractivity contribution in [1.29, 1.82) is 0 Å². The Morgan fingerprint density at radius 1 is 1.62 bits per heavy atom. The van der Waals surface area contributed by atoms with Gasteiger partial charge in [-0.2, -0.15) is 0 Å². The van der Waals surface area contributed by atoms with Crippen molar-refractivity contribution in [3.05, 3.63) is 33.8 Å². The van der Waals surface area contributed by atoms with Gasteiger partial charge in [0.1, 0.15) is 6.29 Å². The highest BCUT2D eigenvalue weighted by molar-refractivity contribution is 9.10. The Balaban J connectivity index is 2.79. The molecule has 0 N–H and O–H groups in total. The molecular formula is C10H10BrClO. The molecule has 0 aliphatic rings. The highest BCUT2D eigenvalue weighted by Gasteiger charge is 2.04. The number of aldehydes is 1. The molecule has 13 heavy (non-hydrogen) atoms. The summed E-state index contributed by atoms with van der Waals surface area (Å²) in [5, 5.41) is -0.422. The van der Waals surface area contributed by atoms with E-state index in [1.807, 2.05) is 25.1 Å². The molecule has 1 aromatic rings. The number of alkyl halides is 1. The van der Waals surface area contributed by atoms with Gasteiger partial charge in [0.2, 0.25) is 0 Å². The molecule has 0 amide bonds. The Hall–Kier alpha value is -0.340. The van der Waals surface area contributed by atoms with Crippen LogP contribution < -0.4 is 0 Å². The van der Waals surface area contributed by atoms with E-state index in [2.05, 4.69) is 15.9 Å². The maximum Gasteiger partial charge on any atom is 0.138 e. The van der Waals surface area contributed by atoms with Gasteiger partial charge in [-0.1, -0.05) is 28.1 Å². The van der Waals surface area contributed by atoms with Crippen molar-refractivity contribution < 1.29 is 4.79 Å². The molecule has 1 rings (SSSR count). The molecule has 0 heterocycles. The largest absolute Gasteiger partial charge is 0.302 e. The number of rotatable bonds is 3. The van der Waals surface area contributed by atoms with Crippen molar-refractivity contribution >= 4 is 33.8 Å². The molecule has 1 unspecified atom stereocenters. The Kier molecular flexibility index (Phi) is 3.94. The number of carbonyl (C=O) groups excluding carboxylic acids is 1. The van der Waals surface area contributed by atoms with Gasteiger partial charge >= 0.3 is 0 Å². The zero-order chi connectivity index (χ0) is 9.84. The van der Waals surface area contributed by atoms with Crippen LogP contribution in [0.2, 0.25) is 0 Å². The van der Waals surface area contributed by atoms with Gasteiger partial charge in [-0.3, -0.25) is 0 Å². The maximum atomic E-state index is 10.3. The minimum absolute atomic E-state index is 0.422. The van der Waals surface area contributed by atoms with Crippen molar-refractivity contribution in [1.82, 2.24) is 0 Å². The Morgan fingerprint density at radius 2 is 2.31 bits per heavy atom. The highest BCUT2D eigenvalue weighted by Crippen LogP contribution is 2.18. The van der Waals surface area contributed by atoms with Crippen LogP contribution in [0.25, 0.3) is 0 Å². The predicted molar refractivity (Wildman–Crippen MR) is 58.3 cm³/mol. The second kappa shape index (κ2) is 4.77. The first kappa shape index (κ1) is 10.7. The number of aryl methyl sites for hydroxylation is 1. The van der Waals surface area contributed by atoms with E-state index >= 15 is 0 Å². The molecule has 0 spiro atoms. The fourth-order valence-corrected chi connectivity index (χ4v) is 1.64. The van der Waals surface area contributed by atoms with Gasteiger partial charge in [0.15, 0.2) is 0 Å². The average molecular weight is 262 g/mol. The molecule has 0 bridgehead atoms. The van der Waals surface area contributed by atoms with E-state index in [0.29, 0.717) is 6.42 Å². The summed E-state index contributed by atoms with van der Waals surface area (Å²) in [4.78, 5) is 10.3. The van der Waals surface area contributed by atoms with E-state index < -0.39 is 5.38 Å². The van der Waals surface area contributed by atoms with Gasteiger partial charge in [-0.15, -0.1) is 11.6 Å². The van der Waals surface area contributed by atoms with Gasteiger partial charge in [-0.25, -0.2) is 0 Å². The third-order valence-electron chi connectivity index (χ3n) is 1.81. The molecule has 1 aromatic carbocycles. The van der Waals surface area contributed by atoms with Crippen molar-refractivity contribution in [3.63, 3.8) is 0 Å². The smallest absolute Gasteiger partial charge is 0.138 e. The van der Waals surface area contributed by atoms with E-state index in [4.69, 9.17) is 11.6 Å². The van der Waals surface area contributed by atoms with Crippen LogP contribution in [0.4, 0.5) is 0 Å². The Bertz CT molecular complexity index is 312. The van der Waals surface area contributed by atoms with Crippen molar-refractivity contribution in [3.8, 4) is 0 Å². The van der Waals surface area contributed by atoms with E-state index in [0.717, 1.165) is 16.3 Å². The second-order valence-corrected chi connectivity index (χ2v) is 4.35. The molecule has 3 heteroatoms. The molecule has 0 fully saturated rings. The summed E-state index contributed by atoms with van der Waals surface area (Å²) in [5.74, 6) is 0. The molecule has 0 aliphatic heterocycles. The minimum atomic E-state index is -0.422. The first-order valence-electron chi connectivity index (χ1n) is 3.98. The SMILES string of the molecule is Cc1ccc(CC(Cl)C=O)cc1Br. The lowest BCUT2D eigenvalue weighted by atomic mass is 10.1. The fraction of sp³-hybridized carbons (Fsp3) is 0.300. The zero-order valence-corrected chi connectivity index (χ0v) is 9.60. The summed E-state index contributed by atoms with van der Waals surface area (Å²) >= 11 is 9.14. The van der Waals surface area contributed by atoms with Gasteiger partial charge in [0.25, 0.3) is 0 Å². The van der Waals surface area contributed by atoms with E-state index in [1.165, 1.54) is 5.56 Å². The average Bonchev–Trinajstić information content (AvgIpc) is 2.11. The van der Waals surface area contributed by atoms with Crippen LogP contribution in [0, 0.1) is 6.92 Å². The quantitative estimate of drug-likeness (QED) is 0.603. The van der Waals surface area contributed by atoms with Crippen LogP contribution in [-0.4, -0.2) is 11.7 Å². The standard InChI is InChI=1S/C10H10BrClO/c1-7-2-3-8(5-10(7)11)4-9(12)6-13/h2-3,5-6,9H,4H2,1H3. The van der Waals surface area contributed by atoms with Crippen LogP contribution in [-0.2, 0) is 11.2 Å². The van der Waals surface area contributed by atoms with Crippen LogP contribution in [0.5, 0.6) is 0 Å². The highest BCUT2D eigenvalue weighted by atomic mass is 79.9. The van der Waals surface area contributed by atoms with Crippen LogP contribution in [0.1, 0.15) is 11.1 Å². The van der Waals surface area contributed by atoms with Crippen molar-refractivity contribution in [2.75, 3.05) is 0 Å². The molecule has 0 aliphatic carbocycles. The topological polar surface area (TPSA) is 17.1 Å². The fourth-order valence-electron chi connectivity index (χ4n) is 1.04. The van der Waals surface area contributed by atoms with Crippen LogP contribution in [0.3, 0.4) is 0 Å². The maximum absolute atomic E-state index is 10.3. The van der Waals surface area contributed by atoms with Gasteiger partial charge in [0, 0.05) is 4.47 Å². The first-order chi connectivity index (χ1) is 6.13. The summed E-state index contributed by atoms with van der Waals surface area (Å²) in [6, 6.07) is 5.99. The summed E-state index contributed by atoms with van der Waals surface area (Å²) in [6.45, 7) is 2.02. The minimum Gasteiger partial charge on any atom is -0.302 e. The van der Waals surface area contributed by atoms with E-state index in [1.54, 1.807) is 0 Å². The third-order valence-corrected chi connectivity index (χ3v) is 2.93. The molecule has 1 atom stereocenters. The molecule has 0 radical (unpaired) electrons. The van der Waals surface area contributed by atoms with Gasteiger partial charge < -0.3 is 4.79 Å². The van der Waals surface area contributed by atoms with E-state index in [-0.39, 0.29) is 0 Å². The lowest BCUT2D eigenvalue weighted by molar-refractivity contribution is -0.107. The number of carbonyl (C=O) groups is 1. The van der Waals surface area contributed by atoms with Gasteiger partial charge in [-0.05, 0) is 30.5 Å². The van der Waals surface area contributed by atoms with Crippen molar-refractivity contribution in [2.24, 2.45) is 0 Å². The first-order valence-corrected chi connectivity index (χ1v) is 5.21. The lowest BCUT2D eigenvalue weighted by Crippen LogP contribution is -2.04. The van der Waals surface area contributed by atoms with Gasteiger partial charge in [0.05, 0.1) is 5.38 Å². The Labute approximate surface area is 91.2 Å². The van der Waals surface area contributed by atoms with Crippen LogP contribution in [0.15, 0.2) is 22.7 Å². The molecule has 0 saturated heterocycles. The monoisotopic (exact) mass is 260 g/mol. The molecule has 70 valence electrons. The second-order valence-electron chi connectivity index (χ2n) is 2.94. The summed E-state index contributed by atoms with van der Waals surface area (Å²) in [7, 11) is 0. The zero-order valence-electron chi connectivity index (χ0n) is 7.26. The molecule has 0 aromatic heterocycles. The Morgan fingerprint density at radius 3 is 2.85 bits per heavy atom. The third kappa shape index (κ3) is 3.12. The van der Waals surface area contributed by atoms with Crippen molar-refractivity contribution in [2.45, 2.75) is 18.7 Å². The summed E-state index contributed by atoms with van der Waals surface area (Å²) < 4.78 is 1.06. The van der Waals surface area contributed by atoms with Crippen LogP contribution >= 0.6 is 27.5 Å². The molecule has 0 saturated carbocycles. The number of hydrogen-bond donors (Lipinski definition) is 0. The number of halogens is 2. The number of hydrogen-bond acceptors (Lipinski definition) is 1. The lowest BCUT2D eigenvalue weighted by Gasteiger charge is -2.04. The summed E-state index contributed by atoms with van der Waals surface area (Å²) in [5.41, 5.74) is 2.26. The predicted octanol–water partition coefficient (Wildman–Crippen LogP) is 3.11. The normalized spacial score (nSPS) is 12.5. The number of benzene rings is 1. The molecular weight excluding hydrogens is 251 g/mol. The van der Waals surface area contributed by atoms with E-state index in [9.17, 15) is 4.79 Å².